The van der Waals surface area contributed by atoms with Crippen LogP contribution in [0.25, 0.3) is 23.7 Å². The lowest BCUT2D eigenvalue weighted by atomic mass is 9.78. The van der Waals surface area contributed by atoms with Crippen LogP contribution in [-0.4, -0.2) is 43.7 Å². The summed E-state index contributed by atoms with van der Waals surface area (Å²) in [4.78, 5) is 12.1. The van der Waals surface area contributed by atoms with Crippen LogP contribution in [0.15, 0.2) is 17.1 Å². The second-order valence-corrected chi connectivity index (χ2v) is 10.3. The van der Waals surface area contributed by atoms with Gasteiger partial charge in [0.15, 0.2) is 5.17 Å². The van der Waals surface area contributed by atoms with Gasteiger partial charge in [-0.2, -0.15) is 0 Å². The number of thioether (sulfide) groups is 1. The molecule has 2 aromatic rings. The van der Waals surface area contributed by atoms with Crippen LogP contribution in [0, 0.1) is 5.41 Å². The number of halogens is 2. The van der Waals surface area contributed by atoms with Crippen molar-refractivity contribution in [3.8, 4) is 22.8 Å². The Labute approximate surface area is 207 Å². The smallest absolute Gasteiger partial charge is 0.164 e. The van der Waals surface area contributed by atoms with E-state index < -0.39 is 0 Å². The topological polar surface area (TPSA) is 59.0 Å². The Hall–Kier alpha value is -2.09. The molecular weight excluding hydrogens is 479 g/mol. The number of fused-ring (bicyclic) bond motifs is 1. The summed E-state index contributed by atoms with van der Waals surface area (Å²) in [6, 6.07) is 3.66. The average molecular weight is 505 g/mol. The molecular formula is C24H26Cl2N4O2S. The Kier molecular flexibility index (Phi) is 6.14. The first-order valence-corrected chi connectivity index (χ1v) is 12.9. The lowest BCUT2D eigenvalue weighted by molar-refractivity contribution is 0.220. The van der Waals surface area contributed by atoms with Gasteiger partial charge in [0.2, 0.25) is 0 Å². The van der Waals surface area contributed by atoms with E-state index in [9.17, 15) is 0 Å². The van der Waals surface area contributed by atoms with E-state index in [1.54, 1.807) is 32.0 Å². The Morgan fingerprint density at radius 2 is 1.73 bits per heavy atom. The number of anilines is 1. The van der Waals surface area contributed by atoms with Gasteiger partial charge < -0.3 is 19.7 Å². The number of amidine groups is 1. The van der Waals surface area contributed by atoms with Crippen molar-refractivity contribution < 1.29 is 9.47 Å². The van der Waals surface area contributed by atoms with Gasteiger partial charge in [0.25, 0.3) is 0 Å². The second-order valence-electron chi connectivity index (χ2n) is 8.74. The van der Waals surface area contributed by atoms with Crippen molar-refractivity contribution in [1.29, 1.82) is 0 Å². The molecule has 2 fully saturated rings. The zero-order valence-electron chi connectivity index (χ0n) is 18.9. The Bertz CT molecular complexity index is 1220. The predicted molar refractivity (Wildman–Crippen MR) is 138 cm³/mol. The Balaban J connectivity index is 1.70. The summed E-state index contributed by atoms with van der Waals surface area (Å²) in [5, 5.41) is 6.91. The molecule has 2 aliphatic heterocycles. The molecule has 1 spiro atoms. The van der Waals surface area contributed by atoms with Gasteiger partial charge in [-0.3, -0.25) is 0 Å². The molecule has 3 aliphatic rings. The molecule has 1 saturated carbocycles. The van der Waals surface area contributed by atoms with Gasteiger partial charge in [-0.25, -0.2) is 9.98 Å². The summed E-state index contributed by atoms with van der Waals surface area (Å²) in [5.41, 5.74) is 1.69. The number of pyridine rings is 1. The van der Waals surface area contributed by atoms with E-state index in [1.807, 2.05) is 24.7 Å². The maximum atomic E-state index is 6.74. The standard InChI is InChI=1S/C24H26Cl2N4O2S/c1-31-17-9-18(32-2)21(26)19(20(17)25)16-8-14-10-27-23(33-3)28-11-15(14)22(29-16)30-12-24(13-30)6-4-5-7-24/h8-11H,4-7,12-13H2,1-3H3,(H,27,28). The number of aliphatic imine (C=N–C) groups is 1. The molecule has 5 rings (SSSR count). The van der Waals surface area contributed by atoms with Gasteiger partial charge in [-0.1, -0.05) is 47.8 Å². The van der Waals surface area contributed by atoms with E-state index in [-0.39, 0.29) is 0 Å². The number of nitrogens with zero attached hydrogens (tertiary/aromatic N) is 3. The van der Waals surface area contributed by atoms with Crippen molar-refractivity contribution in [2.24, 2.45) is 10.4 Å². The third-order valence-electron chi connectivity index (χ3n) is 6.77. The van der Waals surface area contributed by atoms with Gasteiger partial charge in [0.05, 0.1) is 30.0 Å². The molecule has 1 aromatic carbocycles. The molecule has 0 bridgehead atoms. The highest BCUT2D eigenvalue weighted by atomic mass is 35.5. The summed E-state index contributed by atoms with van der Waals surface area (Å²) in [6.45, 7) is 2.03. The maximum absolute atomic E-state index is 6.74. The molecule has 1 aliphatic carbocycles. The number of benzene rings is 1. The number of nitrogens with one attached hydrogen (secondary N) is 1. The predicted octanol–water partition coefficient (Wildman–Crippen LogP) is 4.25. The van der Waals surface area contributed by atoms with Gasteiger partial charge in [0.1, 0.15) is 17.3 Å². The fraction of sp³-hybridized carbons (Fsp3) is 0.417. The highest BCUT2D eigenvalue weighted by Crippen LogP contribution is 2.47. The molecule has 6 nitrogen and oxygen atoms in total. The number of hydrogen-bond donors (Lipinski definition) is 1. The summed E-state index contributed by atoms with van der Waals surface area (Å²) < 4.78 is 11.0. The Morgan fingerprint density at radius 1 is 1.06 bits per heavy atom. The van der Waals surface area contributed by atoms with Crippen LogP contribution in [0.1, 0.15) is 25.7 Å². The minimum atomic E-state index is 0.404. The lowest BCUT2D eigenvalue weighted by Gasteiger charge is -2.49. The summed E-state index contributed by atoms with van der Waals surface area (Å²) in [5.74, 6) is 1.88. The summed E-state index contributed by atoms with van der Waals surface area (Å²) >= 11 is 15.0. The first-order valence-electron chi connectivity index (χ1n) is 10.9. The monoisotopic (exact) mass is 504 g/mol. The molecule has 3 heterocycles. The number of hydrogen-bond acceptors (Lipinski definition) is 7. The van der Waals surface area contributed by atoms with Crippen LogP contribution in [0.2, 0.25) is 10.0 Å². The fourth-order valence-corrected chi connectivity index (χ4v) is 6.09. The lowest BCUT2D eigenvalue weighted by Crippen LogP contribution is -2.57. The molecule has 9 heteroatoms. The van der Waals surface area contributed by atoms with Crippen molar-refractivity contribution in [3.63, 3.8) is 0 Å². The summed E-state index contributed by atoms with van der Waals surface area (Å²) in [6.07, 6.45) is 11.1. The highest BCUT2D eigenvalue weighted by molar-refractivity contribution is 8.13. The molecule has 0 atom stereocenters. The van der Waals surface area contributed by atoms with Crippen LogP contribution >= 0.6 is 35.0 Å². The van der Waals surface area contributed by atoms with Crippen LogP contribution in [0.4, 0.5) is 5.82 Å². The van der Waals surface area contributed by atoms with E-state index >= 15 is 0 Å². The second kappa shape index (κ2) is 8.93. The third-order valence-corrected chi connectivity index (χ3v) is 8.13. The Morgan fingerprint density at radius 3 is 2.33 bits per heavy atom. The summed E-state index contributed by atoms with van der Waals surface area (Å²) in [7, 11) is 3.14. The zero-order valence-corrected chi connectivity index (χ0v) is 21.2. The van der Waals surface area contributed by atoms with Gasteiger partial charge in [-0.15, -0.1) is 0 Å². The van der Waals surface area contributed by atoms with E-state index in [0.717, 1.165) is 34.5 Å². The van der Waals surface area contributed by atoms with E-state index in [4.69, 9.17) is 37.7 Å². The number of ether oxygens (including phenoxy) is 2. The molecule has 174 valence electrons. The van der Waals surface area contributed by atoms with Crippen molar-refractivity contribution in [3.05, 3.63) is 32.6 Å². The van der Waals surface area contributed by atoms with Crippen molar-refractivity contribution in [2.75, 3.05) is 38.5 Å². The van der Waals surface area contributed by atoms with Crippen molar-refractivity contribution in [1.82, 2.24) is 10.3 Å². The van der Waals surface area contributed by atoms with E-state index in [1.165, 1.54) is 25.7 Å². The highest BCUT2D eigenvalue weighted by Gasteiger charge is 2.45. The minimum Gasteiger partial charge on any atom is -0.495 e. The van der Waals surface area contributed by atoms with E-state index in [0.29, 0.717) is 38.2 Å². The largest absolute Gasteiger partial charge is 0.495 e. The van der Waals surface area contributed by atoms with Crippen LogP contribution < -0.4 is 30.1 Å². The molecule has 0 radical (unpaired) electrons. The SMILES string of the molecule is COc1cc(OC)c(Cl)c(-c2cc3c(c(N4CC5(CCCC5)C4)n2)=CNC(SC)=NC=3)c1Cl. The van der Waals surface area contributed by atoms with Gasteiger partial charge in [0, 0.05) is 53.0 Å². The number of methoxy groups -OCH3 is 2. The quantitative estimate of drug-likeness (QED) is 0.671. The van der Waals surface area contributed by atoms with Crippen LogP contribution in [-0.2, 0) is 0 Å². The first-order chi connectivity index (χ1) is 16.0. The maximum Gasteiger partial charge on any atom is 0.164 e. The van der Waals surface area contributed by atoms with E-state index in [2.05, 4.69) is 15.2 Å². The normalized spacial score (nSPS) is 18.3. The zero-order chi connectivity index (χ0) is 23.2. The molecule has 0 amide bonds. The molecule has 1 aromatic heterocycles. The van der Waals surface area contributed by atoms with Crippen LogP contribution in [0.3, 0.4) is 0 Å². The molecule has 1 saturated heterocycles. The van der Waals surface area contributed by atoms with Gasteiger partial charge >= 0.3 is 0 Å². The number of aromatic nitrogens is 1. The number of rotatable bonds is 4. The van der Waals surface area contributed by atoms with Crippen molar-refractivity contribution >= 4 is 58.3 Å². The average Bonchev–Trinajstić information content (AvgIpc) is 3.20. The van der Waals surface area contributed by atoms with Crippen molar-refractivity contribution in [2.45, 2.75) is 25.7 Å². The minimum absolute atomic E-state index is 0.404. The molecule has 0 unspecified atom stereocenters. The molecule has 1 N–H and O–H groups in total. The molecule has 33 heavy (non-hydrogen) atoms. The third kappa shape index (κ3) is 3.94. The van der Waals surface area contributed by atoms with Crippen LogP contribution in [0.5, 0.6) is 11.5 Å². The van der Waals surface area contributed by atoms with Gasteiger partial charge in [-0.05, 0) is 25.2 Å². The fourth-order valence-electron chi connectivity index (χ4n) is 5.06. The first kappa shape index (κ1) is 22.7.